The fraction of sp³-hybridized carbons (Fsp3) is 0.700. The first-order valence-electron chi connectivity index (χ1n) is 5.59. The molecule has 0 atom stereocenters. The zero-order chi connectivity index (χ0) is 12.5. The highest BCUT2D eigenvalue weighted by Gasteiger charge is 2.38. The van der Waals surface area contributed by atoms with Crippen LogP contribution in [0.4, 0.5) is 4.39 Å². The zero-order valence-electron chi connectivity index (χ0n) is 9.47. The second kappa shape index (κ2) is 4.38. The molecule has 17 heavy (non-hydrogen) atoms. The van der Waals surface area contributed by atoms with E-state index in [-0.39, 0.29) is 11.5 Å². The summed E-state index contributed by atoms with van der Waals surface area (Å²) in [5.41, 5.74) is 5.13. The van der Waals surface area contributed by atoms with E-state index >= 15 is 0 Å². The summed E-state index contributed by atoms with van der Waals surface area (Å²) in [4.78, 5) is 0. The number of aromatic nitrogens is 2. The van der Waals surface area contributed by atoms with Gasteiger partial charge in [0.05, 0.1) is 29.4 Å². The molecule has 1 aromatic rings. The molecule has 1 aliphatic heterocycles. The summed E-state index contributed by atoms with van der Waals surface area (Å²) in [5, 5.41) is 3.97. The molecule has 1 aliphatic rings. The lowest BCUT2D eigenvalue weighted by atomic mass is 9.89. The zero-order valence-corrected chi connectivity index (χ0v) is 10.3. The van der Waals surface area contributed by atoms with Crippen molar-refractivity contribution in [1.82, 2.24) is 9.78 Å². The Balaban J connectivity index is 2.28. The van der Waals surface area contributed by atoms with Crippen LogP contribution in [0, 0.1) is 5.82 Å². The van der Waals surface area contributed by atoms with Gasteiger partial charge >= 0.3 is 0 Å². The average molecular weight is 261 g/mol. The maximum absolute atomic E-state index is 13.0. The lowest BCUT2D eigenvalue weighted by molar-refractivity contribution is 0.213. The van der Waals surface area contributed by atoms with Gasteiger partial charge in [0.15, 0.2) is 15.7 Å². The van der Waals surface area contributed by atoms with Crippen molar-refractivity contribution in [2.45, 2.75) is 24.8 Å². The Bertz CT molecular complexity index is 483. The molecule has 0 aliphatic carbocycles. The standard InChI is InChI=1S/C10H16FN3O2S/c11-9-7-13-14(8-9)10(1-4-12)2-5-17(15,16)6-3-10/h7-8H,1-6,12H2. The van der Waals surface area contributed by atoms with Crippen molar-refractivity contribution < 1.29 is 12.8 Å². The summed E-state index contributed by atoms with van der Waals surface area (Å²) in [6.07, 6.45) is 3.97. The Kier molecular flexibility index (Phi) is 3.22. The van der Waals surface area contributed by atoms with Crippen LogP contribution in [-0.2, 0) is 15.4 Å². The maximum atomic E-state index is 13.0. The number of sulfone groups is 1. The van der Waals surface area contributed by atoms with E-state index < -0.39 is 21.2 Å². The Morgan fingerprint density at radius 1 is 1.47 bits per heavy atom. The van der Waals surface area contributed by atoms with Crippen LogP contribution < -0.4 is 5.73 Å². The van der Waals surface area contributed by atoms with E-state index in [0.717, 1.165) is 6.20 Å². The molecule has 1 saturated heterocycles. The topological polar surface area (TPSA) is 78.0 Å². The van der Waals surface area contributed by atoms with E-state index in [0.29, 0.717) is 25.8 Å². The molecular formula is C10H16FN3O2S. The molecule has 2 N–H and O–H groups in total. The summed E-state index contributed by atoms with van der Waals surface area (Å²) >= 11 is 0. The molecule has 7 heteroatoms. The van der Waals surface area contributed by atoms with Crippen LogP contribution >= 0.6 is 0 Å². The molecule has 1 aromatic heterocycles. The maximum Gasteiger partial charge on any atom is 0.161 e. The number of rotatable bonds is 3. The Morgan fingerprint density at radius 2 is 2.12 bits per heavy atom. The third-order valence-corrected chi connectivity index (χ3v) is 5.06. The van der Waals surface area contributed by atoms with Gasteiger partial charge in [-0.2, -0.15) is 5.10 Å². The predicted octanol–water partition coefficient (Wildman–Crippen LogP) is 0.275. The molecule has 1 fully saturated rings. The van der Waals surface area contributed by atoms with E-state index in [9.17, 15) is 12.8 Å². The molecule has 96 valence electrons. The molecular weight excluding hydrogens is 245 g/mol. The molecule has 0 saturated carbocycles. The van der Waals surface area contributed by atoms with Gasteiger partial charge < -0.3 is 5.73 Å². The smallest absolute Gasteiger partial charge is 0.161 e. The highest BCUT2D eigenvalue weighted by Crippen LogP contribution is 2.33. The average Bonchev–Trinajstić information content (AvgIpc) is 2.69. The number of nitrogens with two attached hydrogens (primary N) is 1. The predicted molar refractivity (Wildman–Crippen MR) is 61.7 cm³/mol. The first-order chi connectivity index (χ1) is 7.97. The molecule has 5 nitrogen and oxygen atoms in total. The van der Waals surface area contributed by atoms with Crippen LogP contribution in [0.15, 0.2) is 12.4 Å². The third-order valence-electron chi connectivity index (χ3n) is 3.40. The summed E-state index contributed by atoms with van der Waals surface area (Å²) in [5.74, 6) is -0.169. The summed E-state index contributed by atoms with van der Waals surface area (Å²) in [7, 11) is -2.95. The molecule has 0 aromatic carbocycles. The quantitative estimate of drug-likeness (QED) is 0.847. The molecule has 0 unspecified atom stereocenters. The normalized spacial score (nSPS) is 22.5. The summed E-state index contributed by atoms with van der Waals surface area (Å²) in [6, 6.07) is 0. The second-order valence-corrected chi connectivity index (χ2v) is 6.82. The number of nitrogens with zero attached hydrogens (tertiary/aromatic N) is 2. The first-order valence-corrected chi connectivity index (χ1v) is 7.41. The fourth-order valence-electron chi connectivity index (χ4n) is 2.34. The number of hydrogen-bond donors (Lipinski definition) is 1. The van der Waals surface area contributed by atoms with Crippen LogP contribution in [0.25, 0.3) is 0 Å². The van der Waals surface area contributed by atoms with Crippen LogP contribution in [0.1, 0.15) is 19.3 Å². The van der Waals surface area contributed by atoms with Crippen LogP contribution in [0.3, 0.4) is 0 Å². The minimum absolute atomic E-state index is 0.120. The van der Waals surface area contributed by atoms with Crippen LogP contribution in [0.2, 0.25) is 0 Å². The lowest BCUT2D eigenvalue weighted by Crippen LogP contribution is -2.43. The molecule has 2 rings (SSSR count). The van der Waals surface area contributed by atoms with Gasteiger partial charge in [-0.3, -0.25) is 4.68 Å². The molecule has 0 bridgehead atoms. The lowest BCUT2D eigenvalue weighted by Gasteiger charge is -2.37. The van der Waals surface area contributed by atoms with E-state index in [2.05, 4.69) is 5.10 Å². The Labute approximate surface area is 99.7 Å². The van der Waals surface area contributed by atoms with Crippen molar-refractivity contribution in [3.8, 4) is 0 Å². The minimum atomic E-state index is -2.95. The summed E-state index contributed by atoms with van der Waals surface area (Å²) in [6.45, 7) is 0.432. The molecule has 0 radical (unpaired) electrons. The van der Waals surface area contributed by atoms with Crippen molar-refractivity contribution in [1.29, 1.82) is 0 Å². The van der Waals surface area contributed by atoms with Crippen LogP contribution in [0.5, 0.6) is 0 Å². The number of halogens is 1. The Morgan fingerprint density at radius 3 is 2.59 bits per heavy atom. The monoisotopic (exact) mass is 261 g/mol. The van der Waals surface area contributed by atoms with E-state index in [1.165, 1.54) is 6.20 Å². The summed E-state index contributed by atoms with van der Waals surface area (Å²) < 4.78 is 37.4. The van der Waals surface area contributed by atoms with Gasteiger partial charge in [0, 0.05) is 0 Å². The first kappa shape index (κ1) is 12.5. The Hall–Kier alpha value is -0.950. The van der Waals surface area contributed by atoms with Crippen molar-refractivity contribution in [3.63, 3.8) is 0 Å². The van der Waals surface area contributed by atoms with Gasteiger partial charge in [0.25, 0.3) is 0 Å². The van der Waals surface area contributed by atoms with Gasteiger partial charge in [-0.1, -0.05) is 0 Å². The van der Waals surface area contributed by atoms with Crippen molar-refractivity contribution in [2.75, 3.05) is 18.1 Å². The van der Waals surface area contributed by atoms with Gasteiger partial charge in [0.2, 0.25) is 0 Å². The van der Waals surface area contributed by atoms with Gasteiger partial charge in [-0.25, -0.2) is 12.8 Å². The minimum Gasteiger partial charge on any atom is -0.330 e. The van der Waals surface area contributed by atoms with E-state index in [1.54, 1.807) is 4.68 Å². The van der Waals surface area contributed by atoms with E-state index in [1.807, 2.05) is 0 Å². The third kappa shape index (κ3) is 2.50. The van der Waals surface area contributed by atoms with Crippen LogP contribution in [-0.4, -0.2) is 36.2 Å². The van der Waals surface area contributed by atoms with Gasteiger partial charge in [0.1, 0.15) is 0 Å². The second-order valence-electron chi connectivity index (χ2n) is 4.52. The van der Waals surface area contributed by atoms with E-state index in [4.69, 9.17) is 5.73 Å². The highest BCUT2D eigenvalue weighted by atomic mass is 32.2. The van der Waals surface area contributed by atoms with Gasteiger partial charge in [-0.05, 0) is 25.8 Å². The van der Waals surface area contributed by atoms with Crippen molar-refractivity contribution >= 4 is 9.84 Å². The fourth-order valence-corrected chi connectivity index (χ4v) is 3.93. The van der Waals surface area contributed by atoms with Crippen molar-refractivity contribution in [3.05, 3.63) is 18.2 Å². The highest BCUT2D eigenvalue weighted by molar-refractivity contribution is 7.91. The molecule has 0 amide bonds. The van der Waals surface area contributed by atoms with Gasteiger partial charge in [-0.15, -0.1) is 0 Å². The molecule has 0 spiro atoms. The molecule has 2 heterocycles. The van der Waals surface area contributed by atoms with Crippen molar-refractivity contribution in [2.24, 2.45) is 5.73 Å². The SMILES string of the molecule is NCCC1(n2cc(F)cn2)CCS(=O)(=O)CC1. The number of hydrogen-bond acceptors (Lipinski definition) is 4. The largest absolute Gasteiger partial charge is 0.330 e.